The Kier molecular flexibility index (Phi) is 4.82. The van der Waals surface area contributed by atoms with E-state index >= 15 is 0 Å². The summed E-state index contributed by atoms with van der Waals surface area (Å²) in [5.41, 5.74) is 1.27. The van der Waals surface area contributed by atoms with Crippen LogP contribution in [0.4, 0.5) is 10.5 Å². The zero-order valence-electron chi connectivity index (χ0n) is 13.9. The molecule has 2 aromatic rings. The van der Waals surface area contributed by atoms with Crippen molar-refractivity contribution in [1.82, 2.24) is 4.90 Å². The average molecular weight is 388 g/mol. The third-order valence-corrected chi connectivity index (χ3v) is 4.66. The van der Waals surface area contributed by atoms with Crippen LogP contribution in [0.1, 0.15) is 11.3 Å². The molecule has 27 heavy (non-hydrogen) atoms. The van der Waals surface area contributed by atoms with Gasteiger partial charge in [-0.15, -0.1) is 0 Å². The highest BCUT2D eigenvalue weighted by atomic mass is 32.2. The van der Waals surface area contributed by atoms with E-state index in [-0.39, 0.29) is 10.6 Å². The molecule has 1 fully saturated rings. The zero-order valence-corrected chi connectivity index (χ0v) is 14.7. The number of carbonyl (C=O) groups excluding carboxylic acids is 2. The van der Waals surface area contributed by atoms with Gasteiger partial charge in [-0.05, 0) is 42.4 Å². The Morgan fingerprint density at radius 2 is 2.07 bits per heavy atom. The van der Waals surface area contributed by atoms with E-state index in [1.54, 1.807) is 25.1 Å². The number of carbonyl (C=O) groups is 3. The van der Waals surface area contributed by atoms with Crippen LogP contribution in [0.5, 0.6) is 0 Å². The molecule has 0 saturated carbocycles. The van der Waals surface area contributed by atoms with Crippen molar-refractivity contribution in [2.45, 2.75) is 6.92 Å². The van der Waals surface area contributed by atoms with Crippen molar-refractivity contribution in [3.05, 3.63) is 56.7 Å². The number of hydrogen-bond donors (Lipinski definition) is 1. The van der Waals surface area contributed by atoms with E-state index in [1.165, 1.54) is 18.2 Å². The van der Waals surface area contributed by atoms with Crippen LogP contribution in [0.2, 0.25) is 0 Å². The highest BCUT2D eigenvalue weighted by Gasteiger charge is 2.36. The Labute approximate surface area is 156 Å². The first kappa shape index (κ1) is 18.4. The van der Waals surface area contributed by atoms with Gasteiger partial charge in [0.1, 0.15) is 18.1 Å². The lowest BCUT2D eigenvalue weighted by molar-refractivity contribution is -0.384. The van der Waals surface area contributed by atoms with E-state index in [2.05, 4.69) is 0 Å². The fraction of sp³-hybridized carbons (Fsp3) is 0.118. The maximum atomic E-state index is 12.1. The number of carboxylic acids is 1. The summed E-state index contributed by atoms with van der Waals surface area (Å²) in [6, 6.07) is 7.58. The molecule has 3 rings (SSSR count). The fourth-order valence-corrected chi connectivity index (χ4v) is 3.33. The molecule has 0 spiro atoms. The van der Waals surface area contributed by atoms with Crippen LogP contribution in [0.15, 0.2) is 39.7 Å². The summed E-state index contributed by atoms with van der Waals surface area (Å²) in [4.78, 5) is 45.7. The van der Waals surface area contributed by atoms with Crippen molar-refractivity contribution < 1.29 is 28.8 Å². The molecule has 2 amide bonds. The van der Waals surface area contributed by atoms with E-state index < -0.39 is 28.6 Å². The molecule has 1 saturated heterocycles. The van der Waals surface area contributed by atoms with Gasteiger partial charge in [0, 0.05) is 23.8 Å². The first-order valence-corrected chi connectivity index (χ1v) is 8.40. The maximum Gasteiger partial charge on any atom is 0.323 e. The summed E-state index contributed by atoms with van der Waals surface area (Å²) >= 11 is 0.632. The van der Waals surface area contributed by atoms with Gasteiger partial charge in [-0.3, -0.25) is 29.4 Å². The predicted octanol–water partition coefficient (Wildman–Crippen LogP) is 3.28. The van der Waals surface area contributed by atoms with Crippen LogP contribution >= 0.6 is 11.8 Å². The lowest BCUT2D eigenvalue weighted by Gasteiger charge is -2.07. The van der Waals surface area contributed by atoms with Crippen molar-refractivity contribution >= 4 is 40.6 Å². The summed E-state index contributed by atoms with van der Waals surface area (Å²) in [6.07, 6.45) is 1.36. The minimum absolute atomic E-state index is 0.0323. The monoisotopic (exact) mass is 388 g/mol. The predicted molar refractivity (Wildman–Crippen MR) is 95.8 cm³/mol. The number of benzene rings is 1. The summed E-state index contributed by atoms with van der Waals surface area (Å²) in [5, 5.41) is 18.9. The average Bonchev–Trinajstić information content (AvgIpc) is 3.15. The first-order valence-electron chi connectivity index (χ1n) is 7.58. The molecule has 0 aliphatic carbocycles. The number of nitro groups is 1. The van der Waals surface area contributed by atoms with E-state index in [4.69, 9.17) is 9.52 Å². The number of rotatable bonds is 5. The number of nitro benzene ring substituents is 1. The Bertz CT molecular complexity index is 1010. The Hall–Kier alpha value is -3.40. The van der Waals surface area contributed by atoms with Gasteiger partial charge in [-0.25, -0.2) is 0 Å². The van der Waals surface area contributed by atoms with E-state index in [0.29, 0.717) is 39.3 Å². The van der Waals surface area contributed by atoms with Crippen LogP contribution in [-0.4, -0.2) is 38.6 Å². The molecule has 9 nitrogen and oxygen atoms in total. The second kappa shape index (κ2) is 7.08. The van der Waals surface area contributed by atoms with Gasteiger partial charge >= 0.3 is 5.97 Å². The number of aliphatic carboxylic acids is 1. The summed E-state index contributed by atoms with van der Waals surface area (Å²) in [5.74, 6) is -1.24. The molecular formula is C17H12N2O7S. The van der Waals surface area contributed by atoms with Crippen LogP contribution in [0, 0.1) is 17.0 Å². The van der Waals surface area contributed by atoms with Gasteiger partial charge < -0.3 is 9.52 Å². The Morgan fingerprint density at radius 1 is 1.33 bits per heavy atom. The number of thioether (sulfide) groups is 1. The maximum absolute atomic E-state index is 12.1. The van der Waals surface area contributed by atoms with E-state index in [1.807, 2.05) is 0 Å². The second-order valence-corrected chi connectivity index (χ2v) is 6.61. The number of non-ortho nitro benzene ring substituents is 1. The molecule has 0 unspecified atom stereocenters. The van der Waals surface area contributed by atoms with Crippen molar-refractivity contribution in [2.24, 2.45) is 0 Å². The number of nitrogens with zero attached hydrogens (tertiary/aromatic N) is 2. The van der Waals surface area contributed by atoms with Gasteiger partial charge in [-0.1, -0.05) is 0 Å². The molecule has 138 valence electrons. The van der Waals surface area contributed by atoms with Crippen LogP contribution in [0.25, 0.3) is 17.4 Å². The van der Waals surface area contributed by atoms with E-state index in [9.17, 15) is 24.5 Å². The molecule has 0 radical (unpaired) electrons. The quantitative estimate of drug-likeness (QED) is 0.469. The Balaban J connectivity index is 1.86. The summed E-state index contributed by atoms with van der Waals surface area (Å²) in [7, 11) is 0. The highest BCUT2D eigenvalue weighted by Crippen LogP contribution is 2.34. The Morgan fingerprint density at radius 3 is 2.70 bits per heavy atom. The molecule has 1 N–H and O–H groups in total. The van der Waals surface area contributed by atoms with Gasteiger partial charge in [0.2, 0.25) is 0 Å². The van der Waals surface area contributed by atoms with Gasteiger partial charge in [0.25, 0.3) is 16.8 Å². The number of aryl methyl sites for hydroxylation is 1. The SMILES string of the molecule is Cc1cc([N+](=O)[O-])ccc1-c1ccc(/C=C2\SC(=O)N(CC(=O)O)C2=O)o1. The normalized spacial score (nSPS) is 15.6. The van der Waals surface area contributed by atoms with Gasteiger partial charge in [0.15, 0.2) is 0 Å². The molecule has 1 aliphatic heterocycles. The van der Waals surface area contributed by atoms with Crippen LogP contribution in [-0.2, 0) is 9.59 Å². The summed E-state index contributed by atoms with van der Waals surface area (Å²) < 4.78 is 5.65. The summed E-state index contributed by atoms with van der Waals surface area (Å²) in [6.45, 7) is 1.01. The van der Waals surface area contributed by atoms with Gasteiger partial charge in [0.05, 0.1) is 9.83 Å². The van der Waals surface area contributed by atoms with Crippen molar-refractivity contribution in [2.75, 3.05) is 6.54 Å². The minimum atomic E-state index is -1.28. The minimum Gasteiger partial charge on any atom is -0.480 e. The molecule has 1 aromatic heterocycles. The standard InChI is InChI=1S/C17H12N2O7S/c1-9-6-10(19(24)25)2-4-12(9)13-5-3-11(26-13)7-14-16(22)18(8-15(20)21)17(23)27-14/h2-7H,8H2,1H3,(H,20,21)/b14-7-. The van der Waals surface area contributed by atoms with Crippen molar-refractivity contribution in [3.8, 4) is 11.3 Å². The lowest BCUT2D eigenvalue weighted by atomic mass is 10.1. The number of furan rings is 1. The van der Waals surface area contributed by atoms with Crippen LogP contribution < -0.4 is 0 Å². The number of carboxylic acid groups (broad SMARTS) is 1. The fourth-order valence-electron chi connectivity index (χ4n) is 2.51. The van der Waals surface area contributed by atoms with Crippen molar-refractivity contribution in [1.29, 1.82) is 0 Å². The van der Waals surface area contributed by atoms with Crippen molar-refractivity contribution in [3.63, 3.8) is 0 Å². The number of amides is 2. The molecule has 0 bridgehead atoms. The topological polar surface area (TPSA) is 131 Å². The highest BCUT2D eigenvalue weighted by molar-refractivity contribution is 8.18. The molecule has 2 heterocycles. The third-order valence-electron chi connectivity index (χ3n) is 3.75. The number of hydrogen-bond acceptors (Lipinski definition) is 7. The smallest absolute Gasteiger partial charge is 0.323 e. The van der Waals surface area contributed by atoms with Crippen LogP contribution in [0.3, 0.4) is 0 Å². The first-order chi connectivity index (χ1) is 12.8. The molecule has 1 aliphatic rings. The lowest BCUT2D eigenvalue weighted by Crippen LogP contribution is -2.33. The molecule has 1 aromatic carbocycles. The number of imide groups is 1. The molecular weight excluding hydrogens is 376 g/mol. The van der Waals surface area contributed by atoms with E-state index in [0.717, 1.165) is 0 Å². The second-order valence-electron chi connectivity index (χ2n) is 5.62. The van der Waals surface area contributed by atoms with Gasteiger partial charge in [-0.2, -0.15) is 0 Å². The molecule has 10 heteroatoms. The zero-order chi connectivity index (χ0) is 19.7. The largest absolute Gasteiger partial charge is 0.480 e. The molecule has 0 atom stereocenters. The third kappa shape index (κ3) is 3.75.